The van der Waals surface area contributed by atoms with Crippen LogP contribution in [0.5, 0.6) is 5.75 Å². The van der Waals surface area contributed by atoms with Gasteiger partial charge in [-0.3, -0.25) is 13.9 Å². The maximum absolute atomic E-state index is 14.1. The normalized spacial score (nSPS) is 11.9. The first-order valence-corrected chi connectivity index (χ1v) is 15.8. The lowest BCUT2D eigenvalue weighted by Gasteiger charge is -2.33. The minimum Gasteiger partial charge on any atom is -0.492 e. The van der Waals surface area contributed by atoms with E-state index in [0.717, 1.165) is 17.1 Å². The van der Waals surface area contributed by atoms with Crippen molar-refractivity contribution in [2.45, 2.75) is 57.5 Å². The Balaban J connectivity index is 2.08. The van der Waals surface area contributed by atoms with Gasteiger partial charge in [-0.2, -0.15) is 0 Å². The van der Waals surface area contributed by atoms with Gasteiger partial charge in [0.25, 0.3) is 10.0 Å². The summed E-state index contributed by atoms with van der Waals surface area (Å²) in [4.78, 5) is 28.7. The first-order valence-electron chi connectivity index (χ1n) is 13.9. The third kappa shape index (κ3) is 8.45. The molecule has 0 aliphatic rings. The average molecular weight is 618 g/mol. The number of ether oxygens (including phenoxy) is 1. The Morgan fingerprint density at radius 3 is 2.26 bits per heavy atom. The quantitative estimate of drug-likeness (QED) is 0.218. The van der Waals surface area contributed by atoms with Crippen LogP contribution in [0.3, 0.4) is 0 Å². The predicted octanol–water partition coefficient (Wildman–Crippen LogP) is 5.80. The highest BCUT2D eigenvalue weighted by atomic mass is 35.5. The first-order chi connectivity index (χ1) is 20.1. The van der Waals surface area contributed by atoms with Crippen molar-refractivity contribution in [2.24, 2.45) is 0 Å². The Labute approximate surface area is 252 Å². The number of nitrogens with one attached hydrogen (secondary N) is 1. The van der Waals surface area contributed by atoms with Crippen LogP contribution in [0.2, 0.25) is 5.02 Å². The number of rotatable bonds is 15. The molecule has 0 bridgehead atoms. The highest BCUT2D eigenvalue weighted by Crippen LogP contribution is 2.33. The van der Waals surface area contributed by atoms with Crippen molar-refractivity contribution in [3.05, 3.63) is 89.2 Å². The van der Waals surface area contributed by atoms with Crippen LogP contribution < -0.4 is 14.4 Å². The second-order valence-electron chi connectivity index (χ2n) is 9.58. The van der Waals surface area contributed by atoms with Crippen LogP contribution in [-0.2, 0) is 26.2 Å². The van der Waals surface area contributed by atoms with E-state index in [9.17, 15) is 22.4 Å². The molecular formula is C31H37ClFN3O5S. The van der Waals surface area contributed by atoms with Gasteiger partial charge >= 0.3 is 0 Å². The number of unbranched alkanes of at least 4 members (excludes halogenated alkanes) is 1. The number of sulfonamides is 1. The van der Waals surface area contributed by atoms with E-state index in [1.54, 1.807) is 38.1 Å². The Kier molecular flexibility index (Phi) is 12.2. The zero-order valence-corrected chi connectivity index (χ0v) is 25.6. The number of carbonyl (C=O) groups excluding carboxylic acids is 2. The van der Waals surface area contributed by atoms with E-state index in [2.05, 4.69) is 5.32 Å². The van der Waals surface area contributed by atoms with Gasteiger partial charge in [0, 0.05) is 18.1 Å². The minimum atomic E-state index is -4.29. The molecule has 3 aromatic rings. The van der Waals surface area contributed by atoms with Crippen molar-refractivity contribution < 1.29 is 27.1 Å². The second kappa shape index (κ2) is 15.6. The number of anilines is 1. The summed E-state index contributed by atoms with van der Waals surface area (Å²) in [7, 11) is -4.29. The molecule has 0 fully saturated rings. The smallest absolute Gasteiger partial charge is 0.264 e. The zero-order chi connectivity index (χ0) is 30.7. The van der Waals surface area contributed by atoms with E-state index >= 15 is 0 Å². The molecule has 1 N–H and O–H groups in total. The lowest BCUT2D eigenvalue weighted by atomic mass is 10.1. The molecule has 3 rings (SSSR count). The van der Waals surface area contributed by atoms with Gasteiger partial charge in [0.1, 0.15) is 24.2 Å². The minimum absolute atomic E-state index is 0.0270. The molecule has 8 nitrogen and oxygen atoms in total. The number of halogens is 2. The molecule has 0 saturated carbocycles. The maximum atomic E-state index is 14.1. The lowest BCUT2D eigenvalue weighted by molar-refractivity contribution is -0.140. The van der Waals surface area contributed by atoms with Crippen molar-refractivity contribution in [3.63, 3.8) is 0 Å². The summed E-state index contributed by atoms with van der Waals surface area (Å²) >= 11 is 6.01. The summed E-state index contributed by atoms with van der Waals surface area (Å²) in [5, 5.41) is 3.24. The molecule has 0 radical (unpaired) electrons. The maximum Gasteiger partial charge on any atom is 0.264 e. The third-order valence-electron chi connectivity index (χ3n) is 6.60. The number of benzene rings is 3. The third-order valence-corrected chi connectivity index (χ3v) is 8.62. The number of nitrogens with zero attached hydrogens (tertiary/aromatic N) is 2. The summed E-state index contributed by atoms with van der Waals surface area (Å²) in [6.45, 7) is 5.63. The van der Waals surface area contributed by atoms with Crippen LogP contribution in [0.15, 0.2) is 77.7 Å². The summed E-state index contributed by atoms with van der Waals surface area (Å²) in [5.74, 6) is -1.11. The second-order valence-corrected chi connectivity index (χ2v) is 11.9. The van der Waals surface area contributed by atoms with Crippen LogP contribution in [0.25, 0.3) is 0 Å². The first kappa shape index (κ1) is 32.9. The molecule has 226 valence electrons. The van der Waals surface area contributed by atoms with Gasteiger partial charge in [-0.15, -0.1) is 0 Å². The molecule has 3 aromatic carbocycles. The van der Waals surface area contributed by atoms with Crippen molar-refractivity contribution in [1.29, 1.82) is 0 Å². The molecule has 11 heteroatoms. The fraction of sp³-hybridized carbons (Fsp3) is 0.355. The standard InChI is InChI=1S/C31H37ClFN3O5S/c1-4-7-20-34-31(38)27(5-2)35(21-23-12-16-25(33)17-13-23)30(37)22-36(28-10-8-9-11-29(28)41-6-3)42(39,40)26-18-14-24(32)15-19-26/h8-19,27H,4-7,20-22H2,1-3H3,(H,34,38)/t27-/m0/s1. The summed E-state index contributed by atoms with van der Waals surface area (Å²) in [6.07, 6.45) is 1.94. The fourth-order valence-electron chi connectivity index (χ4n) is 4.40. The molecule has 0 saturated heterocycles. The molecule has 0 unspecified atom stereocenters. The topological polar surface area (TPSA) is 96.0 Å². The van der Waals surface area contributed by atoms with E-state index in [4.69, 9.17) is 16.3 Å². The Bertz CT molecular complexity index is 1440. The Morgan fingerprint density at radius 2 is 1.64 bits per heavy atom. The Morgan fingerprint density at radius 1 is 0.976 bits per heavy atom. The molecule has 0 aliphatic carbocycles. The number of para-hydroxylation sites is 2. The van der Waals surface area contributed by atoms with E-state index in [1.165, 1.54) is 53.4 Å². The monoisotopic (exact) mass is 617 g/mol. The molecule has 42 heavy (non-hydrogen) atoms. The van der Waals surface area contributed by atoms with Crippen molar-refractivity contribution in [2.75, 3.05) is 24.0 Å². The number of amides is 2. The predicted molar refractivity (Wildman–Crippen MR) is 163 cm³/mol. The fourth-order valence-corrected chi connectivity index (χ4v) is 5.95. The van der Waals surface area contributed by atoms with E-state index in [-0.39, 0.29) is 41.8 Å². The highest BCUT2D eigenvalue weighted by molar-refractivity contribution is 7.92. The highest BCUT2D eigenvalue weighted by Gasteiger charge is 2.34. The molecule has 2 amide bonds. The molecular weight excluding hydrogens is 581 g/mol. The van der Waals surface area contributed by atoms with Crippen LogP contribution in [0.4, 0.5) is 10.1 Å². The molecule has 0 aromatic heterocycles. The van der Waals surface area contributed by atoms with Crippen LogP contribution in [0, 0.1) is 5.82 Å². The van der Waals surface area contributed by atoms with Crippen molar-refractivity contribution in [1.82, 2.24) is 10.2 Å². The largest absolute Gasteiger partial charge is 0.492 e. The molecule has 0 aliphatic heterocycles. The van der Waals surface area contributed by atoms with Crippen molar-refractivity contribution in [3.8, 4) is 5.75 Å². The van der Waals surface area contributed by atoms with Gasteiger partial charge in [0.05, 0.1) is 17.2 Å². The van der Waals surface area contributed by atoms with E-state index < -0.39 is 34.3 Å². The number of hydrogen-bond donors (Lipinski definition) is 1. The number of carbonyl (C=O) groups is 2. The van der Waals surface area contributed by atoms with Gasteiger partial charge in [-0.05, 0) is 73.9 Å². The lowest BCUT2D eigenvalue weighted by Crippen LogP contribution is -2.52. The van der Waals surface area contributed by atoms with Gasteiger partial charge in [0.15, 0.2) is 0 Å². The van der Waals surface area contributed by atoms with Gasteiger partial charge < -0.3 is 15.0 Å². The van der Waals surface area contributed by atoms with Crippen LogP contribution in [-0.4, -0.2) is 50.9 Å². The van der Waals surface area contributed by atoms with E-state index in [0.29, 0.717) is 17.1 Å². The summed E-state index contributed by atoms with van der Waals surface area (Å²) in [5.41, 5.74) is 0.760. The zero-order valence-electron chi connectivity index (χ0n) is 24.1. The SMILES string of the molecule is CCCCNC(=O)[C@H](CC)N(Cc1ccc(F)cc1)C(=O)CN(c1ccccc1OCC)S(=O)(=O)c1ccc(Cl)cc1. The average Bonchev–Trinajstić information content (AvgIpc) is 2.97. The Hall–Kier alpha value is -3.63. The number of hydrogen-bond acceptors (Lipinski definition) is 5. The van der Waals surface area contributed by atoms with Gasteiger partial charge in [0.2, 0.25) is 11.8 Å². The van der Waals surface area contributed by atoms with Gasteiger partial charge in [-0.1, -0.05) is 56.1 Å². The summed E-state index contributed by atoms with van der Waals surface area (Å²) in [6, 6.07) is 16.9. The molecule has 0 spiro atoms. The van der Waals surface area contributed by atoms with Crippen LogP contribution >= 0.6 is 11.6 Å². The van der Waals surface area contributed by atoms with Crippen molar-refractivity contribution >= 4 is 39.1 Å². The van der Waals surface area contributed by atoms with Crippen LogP contribution in [0.1, 0.15) is 45.6 Å². The van der Waals surface area contributed by atoms with Gasteiger partial charge in [-0.25, -0.2) is 12.8 Å². The molecule has 0 heterocycles. The molecule has 1 atom stereocenters. The summed E-state index contributed by atoms with van der Waals surface area (Å²) < 4.78 is 48.4. The van der Waals surface area contributed by atoms with E-state index in [1.807, 2.05) is 6.92 Å².